The zero-order valence-corrected chi connectivity index (χ0v) is 7.87. The lowest BCUT2D eigenvalue weighted by molar-refractivity contribution is 0.116. The lowest BCUT2D eigenvalue weighted by atomic mass is 9.64. The third-order valence-electron chi connectivity index (χ3n) is 3.94. The Labute approximate surface area is 79.1 Å². The van der Waals surface area contributed by atoms with E-state index in [0.29, 0.717) is 0 Å². The summed E-state index contributed by atoms with van der Waals surface area (Å²) in [5, 5.41) is 3.53. The Bertz CT molecular complexity index is 231. The summed E-state index contributed by atoms with van der Waals surface area (Å²) < 4.78 is 0. The van der Waals surface area contributed by atoms with Gasteiger partial charge in [0.15, 0.2) is 0 Å². The molecule has 1 spiro atoms. The number of nitrogens with zero attached hydrogens (tertiary/aromatic N) is 1. The van der Waals surface area contributed by atoms with Crippen molar-refractivity contribution in [2.75, 3.05) is 13.1 Å². The highest BCUT2D eigenvalue weighted by Gasteiger charge is 2.48. The van der Waals surface area contributed by atoms with E-state index in [1.807, 2.05) is 6.21 Å². The lowest BCUT2D eigenvalue weighted by Crippen LogP contribution is -2.56. The van der Waals surface area contributed by atoms with Gasteiger partial charge in [-0.3, -0.25) is 4.99 Å². The molecule has 3 aliphatic rings. The highest BCUT2D eigenvalue weighted by Crippen LogP contribution is 2.45. The van der Waals surface area contributed by atoms with Gasteiger partial charge in [-0.1, -0.05) is 12.5 Å². The van der Waals surface area contributed by atoms with Crippen LogP contribution >= 0.6 is 0 Å². The van der Waals surface area contributed by atoms with Crippen LogP contribution in [0, 0.1) is 11.8 Å². The molecule has 2 aliphatic heterocycles. The predicted molar refractivity (Wildman–Crippen MR) is 54.1 cm³/mol. The van der Waals surface area contributed by atoms with E-state index in [-0.39, 0.29) is 5.54 Å². The molecular weight excluding hydrogens is 160 g/mol. The Hall–Kier alpha value is -0.630. The van der Waals surface area contributed by atoms with E-state index < -0.39 is 0 Å². The molecule has 2 heterocycles. The molecule has 0 radical (unpaired) electrons. The van der Waals surface area contributed by atoms with Gasteiger partial charge in [-0.15, -0.1) is 0 Å². The molecule has 2 atom stereocenters. The lowest BCUT2D eigenvalue weighted by Gasteiger charge is -2.48. The first-order chi connectivity index (χ1) is 6.42. The molecule has 0 aromatic heterocycles. The van der Waals surface area contributed by atoms with Crippen molar-refractivity contribution < 1.29 is 0 Å². The molecule has 0 aromatic rings. The highest BCUT2D eigenvalue weighted by molar-refractivity contribution is 5.75. The summed E-state index contributed by atoms with van der Waals surface area (Å²) in [6, 6.07) is 0. The normalized spacial score (nSPS) is 47.4. The summed E-state index contributed by atoms with van der Waals surface area (Å²) in [5.74, 6) is 1.52. The van der Waals surface area contributed by atoms with E-state index >= 15 is 0 Å². The molecule has 0 amide bonds. The van der Waals surface area contributed by atoms with E-state index in [1.165, 1.54) is 19.3 Å². The Morgan fingerprint density at radius 3 is 2.62 bits per heavy atom. The van der Waals surface area contributed by atoms with Gasteiger partial charge >= 0.3 is 0 Å². The van der Waals surface area contributed by atoms with Crippen molar-refractivity contribution >= 4 is 6.21 Å². The van der Waals surface area contributed by atoms with Crippen LogP contribution in [0.15, 0.2) is 17.1 Å². The number of hydrogen-bond donors (Lipinski definition) is 1. The second-order valence-corrected chi connectivity index (χ2v) is 4.51. The quantitative estimate of drug-likeness (QED) is 0.592. The minimum Gasteiger partial charge on any atom is -0.316 e. The number of nitrogens with one attached hydrogen (secondary N) is 1. The second-order valence-electron chi connectivity index (χ2n) is 4.51. The van der Waals surface area contributed by atoms with Gasteiger partial charge in [-0.2, -0.15) is 0 Å². The molecule has 1 saturated carbocycles. The first-order valence-electron chi connectivity index (χ1n) is 5.35. The first-order valence-corrected chi connectivity index (χ1v) is 5.35. The molecule has 1 saturated heterocycles. The van der Waals surface area contributed by atoms with Crippen LogP contribution in [0.4, 0.5) is 0 Å². The van der Waals surface area contributed by atoms with Crippen LogP contribution in [-0.4, -0.2) is 24.8 Å². The summed E-state index contributed by atoms with van der Waals surface area (Å²) in [4.78, 5) is 4.74. The minimum atomic E-state index is 0.212. The number of aliphatic imine (C=N–C) groups is 1. The van der Waals surface area contributed by atoms with Crippen molar-refractivity contribution in [3.8, 4) is 0 Å². The van der Waals surface area contributed by atoms with E-state index in [1.54, 1.807) is 0 Å². The fourth-order valence-electron chi connectivity index (χ4n) is 3.26. The van der Waals surface area contributed by atoms with Gasteiger partial charge < -0.3 is 5.32 Å². The van der Waals surface area contributed by atoms with Crippen LogP contribution in [0.5, 0.6) is 0 Å². The molecule has 2 unspecified atom stereocenters. The van der Waals surface area contributed by atoms with Gasteiger partial charge in [0, 0.05) is 31.1 Å². The van der Waals surface area contributed by atoms with Crippen molar-refractivity contribution in [3.63, 3.8) is 0 Å². The largest absolute Gasteiger partial charge is 0.316 e. The molecule has 1 aliphatic carbocycles. The molecule has 70 valence electrons. The number of piperidine rings is 1. The van der Waals surface area contributed by atoms with Gasteiger partial charge in [0.25, 0.3) is 0 Å². The van der Waals surface area contributed by atoms with Crippen LogP contribution in [0.2, 0.25) is 0 Å². The first kappa shape index (κ1) is 7.74. The monoisotopic (exact) mass is 176 g/mol. The number of hydrogen-bond acceptors (Lipinski definition) is 2. The predicted octanol–water partition coefficient (Wildman–Crippen LogP) is 1.39. The fourth-order valence-corrected chi connectivity index (χ4v) is 3.26. The maximum absolute atomic E-state index is 4.74. The zero-order valence-electron chi connectivity index (χ0n) is 7.87. The van der Waals surface area contributed by atoms with Crippen molar-refractivity contribution in [3.05, 3.63) is 12.2 Å². The summed E-state index contributed by atoms with van der Waals surface area (Å²) in [5.41, 5.74) is 0.212. The van der Waals surface area contributed by atoms with Crippen LogP contribution in [0.1, 0.15) is 19.3 Å². The zero-order chi connectivity index (χ0) is 8.73. The molecule has 2 heteroatoms. The summed E-state index contributed by atoms with van der Waals surface area (Å²) >= 11 is 0. The van der Waals surface area contributed by atoms with Crippen LogP contribution < -0.4 is 5.32 Å². The SMILES string of the molecule is C1=CC2(N=C1)C1CCCC2CNC1. The van der Waals surface area contributed by atoms with E-state index in [9.17, 15) is 0 Å². The highest BCUT2D eigenvalue weighted by atomic mass is 15.0. The van der Waals surface area contributed by atoms with Crippen LogP contribution in [0.3, 0.4) is 0 Å². The third-order valence-corrected chi connectivity index (χ3v) is 3.94. The van der Waals surface area contributed by atoms with Crippen LogP contribution in [0.25, 0.3) is 0 Å². The Morgan fingerprint density at radius 2 is 2.00 bits per heavy atom. The summed E-state index contributed by atoms with van der Waals surface area (Å²) in [7, 11) is 0. The maximum atomic E-state index is 4.74. The average Bonchev–Trinajstić information content (AvgIpc) is 2.53. The molecule has 2 nitrogen and oxygen atoms in total. The average molecular weight is 176 g/mol. The second kappa shape index (κ2) is 2.68. The van der Waals surface area contributed by atoms with Crippen molar-refractivity contribution in [2.24, 2.45) is 16.8 Å². The fraction of sp³-hybridized carbons (Fsp3) is 0.727. The molecule has 2 fully saturated rings. The van der Waals surface area contributed by atoms with E-state index in [4.69, 9.17) is 4.99 Å². The third kappa shape index (κ3) is 0.953. The Kier molecular flexibility index (Phi) is 1.59. The van der Waals surface area contributed by atoms with Crippen molar-refractivity contribution in [1.29, 1.82) is 0 Å². The Balaban J connectivity index is 2.00. The van der Waals surface area contributed by atoms with Gasteiger partial charge in [0.2, 0.25) is 0 Å². The standard InChI is InChI=1S/C11H16N2/c1-3-9-7-12-8-10(4-1)11(9)5-2-6-13-11/h2,5-6,9-10,12H,1,3-4,7-8H2. The van der Waals surface area contributed by atoms with Gasteiger partial charge in [0.05, 0.1) is 5.54 Å². The topological polar surface area (TPSA) is 24.4 Å². The summed E-state index contributed by atoms with van der Waals surface area (Å²) in [6.07, 6.45) is 10.6. The van der Waals surface area contributed by atoms with Gasteiger partial charge in [-0.05, 0) is 18.9 Å². The maximum Gasteiger partial charge on any atom is 0.0871 e. The van der Waals surface area contributed by atoms with Crippen molar-refractivity contribution in [2.45, 2.75) is 24.8 Å². The smallest absolute Gasteiger partial charge is 0.0871 e. The minimum absolute atomic E-state index is 0.212. The molecule has 2 bridgehead atoms. The van der Waals surface area contributed by atoms with Gasteiger partial charge in [0.1, 0.15) is 0 Å². The van der Waals surface area contributed by atoms with E-state index in [0.717, 1.165) is 24.9 Å². The molecule has 3 rings (SSSR count). The van der Waals surface area contributed by atoms with Gasteiger partial charge in [-0.25, -0.2) is 0 Å². The molecule has 13 heavy (non-hydrogen) atoms. The van der Waals surface area contributed by atoms with Crippen LogP contribution in [-0.2, 0) is 0 Å². The molecule has 1 N–H and O–H groups in total. The summed E-state index contributed by atoms with van der Waals surface area (Å²) in [6.45, 7) is 2.33. The molecular formula is C11H16N2. The Morgan fingerprint density at radius 1 is 1.23 bits per heavy atom. The van der Waals surface area contributed by atoms with E-state index in [2.05, 4.69) is 17.5 Å². The number of allylic oxidation sites excluding steroid dienone is 1. The number of rotatable bonds is 0. The van der Waals surface area contributed by atoms with Crippen molar-refractivity contribution in [1.82, 2.24) is 5.32 Å². The molecule has 0 aromatic carbocycles.